The van der Waals surface area contributed by atoms with Gasteiger partial charge in [0.05, 0.1) is 35.5 Å². The van der Waals surface area contributed by atoms with Crippen molar-refractivity contribution < 1.29 is 4.42 Å². The van der Waals surface area contributed by atoms with Gasteiger partial charge in [0.25, 0.3) is 0 Å². The smallest absolute Gasteiger partial charge is 0.246 e. The van der Waals surface area contributed by atoms with E-state index < -0.39 is 0 Å². The SMILES string of the molecule is C1=C(c2c(-c3cnco3)cc3cnc(Nc4ccc(N5CCNCC5)cn4)nn23)CCC1. The van der Waals surface area contributed by atoms with Crippen molar-refractivity contribution in [3.8, 4) is 11.3 Å². The minimum Gasteiger partial charge on any atom is -0.443 e. The summed E-state index contributed by atoms with van der Waals surface area (Å²) in [5.74, 6) is 1.95. The minimum atomic E-state index is 0.500. The Labute approximate surface area is 185 Å². The predicted octanol–water partition coefficient (Wildman–Crippen LogP) is 3.50. The molecule has 2 aliphatic rings. The molecule has 0 atom stereocenters. The number of oxazole rings is 1. The van der Waals surface area contributed by atoms with Crippen LogP contribution in [0.25, 0.3) is 22.4 Å². The molecule has 2 N–H and O–H groups in total. The molecule has 1 fully saturated rings. The van der Waals surface area contributed by atoms with E-state index in [1.165, 1.54) is 12.0 Å². The van der Waals surface area contributed by atoms with Crippen LogP contribution in [-0.2, 0) is 0 Å². The van der Waals surface area contributed by atoms with Gasteiger partial charge in [0.15, 0.2) is 12.2 Å². The Bertz CT molecular complexity index is 1250. The fourth-order valence-corrected chi connectivity index (χ4v) is 4.44. The molecule has 9 nitrogen and oxygen atoms in total. The second kappa shape index (κ2) is 8.08. The third kappa shape index (κ3) is 3.50. The highest BCUT2D eigenvalue weighted by molar-refractivity contribution is 5.83. The Kier molecular flexibility index (Phi) is 4.80. The molecule has 6 rings (SSSR count). The van der Waals surface area contributed by atoms with Gasteiger partial charge in [-0.3, -0.25) is 0 Å². The van der Waals surface area contributed by atoms with E-state index in [-0.39, 0.29) is 0 Å². The van der Waals surface area contributed by atoms with Crippen molar-refractivity contribution in [2.24, 2.45) is 0 Å². The summed E-state index contributed by atoms with van der Waals surface area (Å²) in [6.45, 7) is 3.99. The van der Waals surface area contributed by atoms with E-state index in [2.05, 4.69) is 48.7 Å². The van der Waals surface area contributed by atoms with Crippen molar-refractivity contribution in [3.63, 3.8) is 0 Å². The van der Waals surface area contributed by atoms with E-state index in [4.69, 9.17) is 9.52 Å². The van der Waals surface area contributed by atoms with Gasteiger partial charge in [0.2, 0.25) is 5.95 Å². The summed E-state index contributed by atoms with van der Waals surface area (Å²) < 4.78 is 7.55. The van der Waals surface area contributed by atoms with Gasteiger partial charge < -0.3 is 20.0 Å². The summed E-state index contributed by atoms with van der Waals surface area (Å²) in [6.07, 6.45) is 12.5. The number of rotatable bonds is 5. The molecule has 0 bridgehead atoms. The first-order chi connectivity index (χ1) is 15.8. The average molecular weight is 429 g/mol. The summed E-state index contributed by atoms with van der Waals surface area (Å²) in [7, 11) is 0. The summed E-state index contributed by atoms with van der Waals surface area (Å²) in [5, 5.41) is 11.4. The first-order valence-electron chi connectivity index (χ1n) is 11.0. The van der Waals surface area contributed by atoms with Gasteiger partial charge >= 0.3 is 0 Å². The van der Waals surface area contributed by atoms with Crippen LogP contribution in [0.5, 0.6) is 0 Å². The Morgan fingerprint density at radius 1 is 1.06 bits per heavy atom. The van der Waals surface area contributed by atoms with Crippen LogP contribution in [-0.4, -0.2) is 50.7 Å². The van der Waals surface area contributed by atoms with Crippen molar-refractivity contribution >= 4 is 28.5 Å². The highest BCUT2D eigenvalue weighted by atomic mass is 16.3. The zero-order valence-electron chi connectivity index (χ0n) is 17.7. The molecule has 0 spiro atoms. The number of hydrogen-bond donors (Lipinski definition) is 2. The number of fused-ring (bicyclic) bond motifs is 1. The minimum absolute atomic E-state index is 0.500. The fourth-order valence-electron chi connectivity index (χ4n) is 4.44. The van der Waals surface area contributed by atoms with Gasteiger partial charge in [-0.25, -0.2) is 19.5 Å². The van der Waals surface area contributed by atoms with E-state index in [9.17, 15) is 0 Å². The summed E-state index contributed by atoms with van der Waals surface area (Å²) in [4.78, 5) is 15.5. The first-order valence-corrected chi connectivity index (χ1v) is 11.0. The molecule has 5 heterocycles. The number of aromatic nitrogens is 5. The van der Waals surface area contributed by atoms with Gasteiger partial charge in [-0.05, 0) is 43.0 Å². The summed E-state index contributed by atoms with van der Waals surface area (Å²) in [6, 6.07) is 6.12. The fraction of sp³-hybridized carbons (Fsp3) is 0.304. The first kappa shape index (κ1) is 19.0. The van der Waals surface area contributed by atoms with E-state index in [1.807, 2.05) is 23.0 Å². The second-order valence-electron chi connectivity index (χ2n) is 8.08. The number of hydrogen-bond acceptors (Lipinski definition) is 8. The molecule has 1 aliphatic heterocycles. The molecule has 4 aromatic rings. The number of allylic oxidation sites excluding steroid dienone is 2. The van der Waals surface area contributed by atoms with E-state index in [1.54, 1.807) is 6.20 Å². The lowest BCUT2D eigenvalue weighted by atomic mass is 10.1. The Hall–Kier alpha value is -3.72. The second-order valence-corrected chi connectivity index (χ2v) is 8.08. The van der Waals surface area contributed by atoms with Crippen molar-refractivity contribution in [2.75, 3.05) is 36.4 Å². The quantitative estimate of drug-likeness (QED) is 0.499. The van der Waals surface area contributed by atoms with Crippen LogP contribution in [0.2, 0.25) is 0 Å². The van der Waals surface area contributed by atoms with Gasteiger partial charge in [0, 0.05) is 31.7 Å². The number of pyridine rings is 1. The van der Waals surface area contributed by atoms with Crippen molar-refractivity contribution in [1.29, 1.82) is 0 Å². The van der Waals surface area contributed by atoms with Gasteiger partial charge in [-0.1, -0.05) is 6.08 Å². The standard InChI is InChI=1S/C23H24N8O/c1-2-4-16(3-1)22-19(20-14-25-15-32-20)11-18-13-27-23(29-31(18)22)28-21-6-5-17(12-26-21)30-9-7-24-8-10-30/h3,5-6,11-15,24H,1-2,4,7-10H2,(H,26,28,29). The van der Waals surface area contributed by atoms with Crippen LogP contribution < -0.4 is 15.5 Å². The maximum atomic E-state index is 5.60. The largest absolute Gasteiger partial charge is 0.443 e. The molecular weight excluding hydrogens is 404 g/mol. The molecular formula is C23H24N8O. The van der Waals surface area contributed by atoms with Crippen LogP contribution in [0.1, 0.15) is 25.0 Å². The topological polar surface area (TPSA) is 96.4 Å². The molecule has 0 amide bonds. The lowest BCUT2D eigenvalue weighted by Gasteiger charge is -2.29. The monoisotopic (exact) mass is 428 g/mol. The van der Waals surface area contributed by atoms with Gasteiger partial charge in [-0.2, -0.15) is 0 Å². The third-order valence-electron chi connectivity index (χ3n) is 6.03. The van der Waals surface area contributed by atoms with Crippen molar-refractivity contribution in [2.45, 2.75) is 19.3 Å². The molecule has 0 saturated carbocycles. The van der Waals surface area contributed by atoms with Gasteiger partial charge in [0.1, 0.15) is 5.82 Å². The van der Waals surface area contributed by atoms with Crippen molar-refractivity contribution in [3.05, 3.63) is 55.0 Å². The Morgan fingerprint density at radius 3 is 2.75 bits per heavy atom. The van der Waals surface area contributed by atoms with Crippen LogP contribution in [0.4, 0.5) is 17.5 Å². The molecule has 1 saturated heterocycles. The van der Waals surface area contributed by atoms with Crippen LogP contribution in [0.3, 0.4) is 0 Å². The molecule has 0 unspecified atom stereocenters. The number of piperazine rings is 1. The highest BCUT2D eigenvalue weighted by Gasteiger charge is 2.21. The summed E-state index contributed by atoms with van der Waals surface area (Å²) >= 11 is 0. The van der Waals surface area contributed by atoms with Crippen LogP contribution in [0, 0.1) is 0 Å². The van der Waals surface area contributed by atoms with E-state index >= 15 is 0 Å². The third-order valence-corrected chi connectivity index (χ3v) is 6.03. The molecule has 32 heavy (non-hydrogen) atoms. The molecule has 0 aromatic carbocycles. The number of anilines is 3. The molecule has 0 radical (unpaired) electrons. The molecule has 1 aliphatic carbocycles. The zero-order chi connectivity index (χ0) is 21.3. The van der Waals surface area contributed by atoms with E-state index in [0.29, 0.717) is 11.8 Å². The summed E-state index contributed by atoms with van der Waals surface area (Å²) in [5.41, 5.74) is 5.35. The Morgan fingerprint density at radius 2 is 2.00 bits per heavy atom. The maximum absolute atomic E-state index is 5.60. The Balaban J connectivity index is 1.32. The normalized spacial score (nSPS) is 16.5. The van der Waals surface area contributed by atoms with Crippen LogP contribution in [0.15, 0.2) is 53.7 Å². The average Bonchev–Trinajstić information content (AvgIpc) is 3.60. The van der Waals surface area contributed by atoms with Crippen LogP contribution >= 0.6 is 0 Å². The molecule has 4 aromatic heterocycles. The number of nitrogens with zero attached hydrogens (tertiary/aromatic N) is 6. The molecule has 162 valence electrons. The predicted molar refractivity (Wildman–Crippen MR) is 123 cm³/mol. The highest BCUT2D eigenvalue weighted by Crippen LogP contribution is 2.36. The van der Waals surface area contributed by atoms with Gasteiger partial charge in [-0.15, -0.1) is 5.10 Å². The maximum Gasteiger partial charge on any atom is 0.246 e. The zero-order valence-corrected chi connectivity index (χ0v) is 17.7. The van der Waals surface area contributed by atoms with E-state index in [0.717, 1.165) is 73.7 Å². The number of nitrogens with one attached hydrogen (secondary N) is 2. The van der Waals surface area contributed by atoms with Crippen molar-refractivity contribution in [1.82, 2.24) is 29.9 Å². The lowest BCUT2D eigenvalue weighted by molar-refractivity contribution is 0.571. The lowest BCUT2D eigenvalue weighted by Crippen LogP contribution is -2.43. The molecule has 9 heteroatoms.